The second-order valence-electron chi connectivity index (χ2n) is 4.75. The zero-order valence-corrected chi connectivity index (χ0v) is 13.4. The van der Waals surface area contributed by atoms with Gasteiger partial charge in [0.1, 0.15) is 5.82 Å². The lowest BCUT2D eigenvalue weighted by molar-refractivity contribution is 0.0171. The van der Waals surface area contributed by atoms with Crippen LogP contribution in [0.4, 0.5) is 13.2 Å². The SMILES string of the molecule is CC.CC.CC(c1ccc(C(C)(F)F)cc1F)C1CC1. The molecular formula is C17H27F3. The van der Waals surface area contributed by atoms with Crippen LogP contribution in [0.5, 0.6) is 0 Å². The Bertz CT molecular complexity index is 390. The summed E-state index contributed by atoms with van der Waals surface area (Å²) in [7, 11) is 0. The van der Waals surface area contributed by atoms with E-state index in [9.17, 15) is 13.2 Å². The third-order valence-corrected chi connectivity index (χ3v) is 3.33. The van der Waals surface area contributed by atoms with Gasteiger partial charge in [0.15, 0.2) is 0 Å². The number of alkyl halides is 2. The maximum atomic E-state index is 13.7. The molecule has 0 saturated heterocycles. The molecule has 1 unspecified atom stereocenters. The molecule has 3 heteroatoms. The zero-order valence-electron chi connectivity index (χ0n) is 13.4. The molecule has 1 fully saturated rings. The Hall–Kier alpha value is -0.990. The summed E-state index contributed by atoms with van der Waals surface area (Å²) < 4.78 is 39.6. The van der Waals surface area contributed by atoms with Crippen LogP contribution in [0.15, 0.2) is 18.2 Å². The highest BCUT2D eigenvalue weighted by molar-refractivity contribution is 5.30. The average Bonchev–Trinajstić information content (AvgIpc) is 3.26. The summed E-state index contributed by atoms with van der Waals surface area (Å²) in [5.74, 6) is -2.80. The zero-order chi connectivity index (χ0) is 15.9. The molecule has 0 N–H and O–H groups in total. The highest BCUT2D eigenvalue weighted by Gasteiger charge is 2.31. The summed E-state index contributed by atoms with van der Waals surface area (Å²) in [5.41, 5.74) is 0.312. The van der Waals surface area contributed by atoms with E-state index in [-0.39, 0.29) is 11.5 Å². The first-order chi connectivity index (χ1) is 9.39. The Labute approximate surface area is 121 Å². The first kappa shape index (κ1) is 19.0. The first-order valence-corrected chi connectivity index (χ1v) is 7.57. The number of hydrogen-bond donors (Lipinski definition) is 0. The molecule has 1 saturated carbocycles. The summed E-state index contributed by atoms with van der Waals surface area (Å²) in [4.78, 5) is 0. The first-order valence-electron chi connectivity index (χ1n) is 7.57. The van der Waals surface area contributed by atoms with E-state index in [0.29, 0.717) is 11.5 Å². The van der Waals surface area contributed by atoms with Gasteiger partial charge in [0.25, 0.3) is 5.92 Å². The summed E-state index contributed by atoms with van der Waals surface area (Å²) >= 11 is 0. The van der Waals surface area contributed by atoms with Crippen molar-refractivity contribution in [3.63, 3.8) is 0 Å². The fraction of sp³-hybridized carbons (Fsp3) is 0.647. The van der Waals surface area contributed by atoms with Gasteiger partial charge in [-0.2, -0.15) is 0 Å². The molecule has 0 amide bonds. The molecule has 2 rings (SSSR count). The maximum absolute atomic E-state index is 13.7. The summed E-state index contributed by atoms with van der Waals surface area (Å²) in [6.45, 7) is 10.7. The van der Waals surface area contributed by atoms with E-state index in [2.05, 4.69) is 0 Å². The highest BCUT2D eigenvalue weighted by Crippen LogP contribution is 2.43. The molecule has 1 aromatic carbocycles. The normalized spacial score (nSPS) is 15.4. The quantitative estimate of drug-likeness (QED) is 0.595. The molecule has 1 atom stereocenters. The van der Waals surface area contributed by atoms with Crippen LogP contribution in [0, 0.1) is 11.7 Å². The van der Waals surface area contributed by atoms with Gasteiger partial charge in [0.2, 0.25) is 0 Å². The Morgan fingerprint density at radius 3 is 1.95 bits per heavy atom. The minimum absolute atomic E-state index is 0.138. The van der Waals surface area contributed by atoms with Crippen LogP contribution in [0.2, 0.25) is 0 Å². The molecule has 1 aromatic rings. The molecule has 0 aliphatic heterocycles. The standard InChI is InChI=1S/C13H15F3.2C2H6/c1-8(9-3-4-9)11-6-5-10(7-12(11)14)13(2,15)16;2*1-2/h5-9H,3-4H2,1-2H3;2*1-2H3. The van der Waals surface area contributed by atoms with Gasteiger partial charge in [0, 0.05) is 12.5 Å². The maximum Gasteiger partial charge on any atom is 0.270 e. The molecule has 0 aromatic heterocycles. The van der Waals surface area contributed by atoms with Crippen molar-refractivity contribution < 1.29 is 13.2 Å². The van der Waals surface area contributed by atoms with Gasteiger partial charge in [-0.05, 0) is 36.3 Å². The van der Waals surface area contributed by atoms with Gasteiger partial charge in [-0.25, -0.2) is 13.2 Å². The third-order valence-electron chi connectivity index (χ3n) is 3.33. The van der Waals surface area contributed by atoms with Gasteiger partial charge >= 0.3 is 0 Å². The third kappa shape index (κ3) is 5.18. The Morgan fingerprint density at radius 1 is 1.10 bits per heavy atom. The van der Waals surface area contributed by atoms with Gasteiger partial charge in [0.05, 0.1) is 0 Å². The van der Waals surface area contributed by atoms with E-state index < -0.39 is 11.7 Å². The molecular weight excluding hydrogens is 261 g/mol. The smallest absolute Gasteiger partial charge is 0.207 e. The number of rotatable bonds is 3. The Balaban J connectivity index is 0.000000829. The lowest BCUT2D eigenvalue weighted by Gasteiger charge is -2.15. The van der Waals surface area contributed by atoms with Gasteiger partial charge in [-0.3, -0.25) is 0 Å². The minimum Gasteiger partial charge on any atom is -0.207 e. The fourth-order valence-corrected chi connectivity index (χ4v) is 2.02. The topological polar surface area (TPSA) is 0 Å². The van der Waals surface area contributed by atoms with Crippen LogP contribution < -0.4 is 0 Å². The molecule has 116 valence electrons. The lowest BCUT2D eigenvalue weighted by atomic mass is 9.94. The van der Waals surface area contributed by atoms with E-state index >= 15 is 0 Å². The fourth-order valence-electron chi connectivity index (χ4n) is 2.02. The Morgan fingerprint density at radius 2 is 1.60 bits per heavy atom. The molecule has 0 bridgehead atoms. The van der Waals surface area contributed by atoms with Gasteiger partial charge in [-0.15, -0.1) is 0 Å². The number of benzene rings is 1. The molecule has 1 aliphatic rings. The number of hydrogen-bond acceptors (Lipinski definition) is 0. The highest BCUT2D eigenvalue weighted by atomic mass is 19.3. The monoisotopic (exact) mass is 288 g/mol. The van der Waals surface area contributed by atoms with Crippen molar-refractivity contribution in [2.24, 2.45) is 5.92 Å². The van der Waals surface area contributed by atoms with Crippen LogP contribution in [0.1, 0.15) is 71.4 Å². The second kappa shape index (κ2) is 8.33. The van der Waals surface area contributed by atoms with E-state index in [1.54, 1.807) is 0 Å². The van der Waals surface area contributed by atoms with Crippen LogP contribution in [-0.4, -0.2) is 0 Å². The Kier molecular flexibility index (Phi) is 7.92. The molecule has 20 heavy (non-hydrogen) atoms. The second-order valence-corrected chi connectivity index (χ2v) is 4.75. The molecule has 0 heterocycles. The van der Waals surface area contributed by atoms with Gasteiger partial charge < -0.3 is 0 Å². The van der Waals surface area contributed by atoms with E-state index in [1.807, 2.05) is 34.6 Å². The molecule has 1 aliphatic carbocycles. The summed E-state index contributed by atoms with van der Waals surface area (Å²) in [5, 5.41) is 0. The van der Waals surface area contributed by atoms with Crippen molar-refractivity contribution in [1.82, 2.24) is 0 Å². The van der Waals surface area contributed by atoms with E-state index in [4.69, 9.17) is 0 Å². The largest absolute Gasteiger partial charge is 0.270 e. The van der Waals surface area contributed by atoms with Crippen molar-refractivity contribution in [3.05, 3.63) is 35.1 Å². The van der Waals surface area contributed by atoms with Gasteiger partial charge in [-0.1, -0.05) is 46.8 Å². The minimum atomic E-state index is -2.97. The molecule has 0 radical (unpaired) electrons. The van der Waals surface area contributed by atoms with Crippen molar-refractivity contribution in [2.45, 2.75) is 66.2 Å². The van der Waals surface area contributed by atoms with Crippen molar-refractivity contribution in [2.75, 3.05) is 0 Å². The summed E-state index contributed by atoms with van der Waals surface area (Å²) in [6.07, 6.45) is 2.23. The van der Waals surface area contributed by atoms with Crippen LogP contribution in [0.3, 0.4) is 0 Å². The molecule has 0 nitrogen and oxygen atoms in total. The predicted molar refractivity (Wildman–Crippen MR) is 79.8 cm³/mol. The average molecular weight is 288 g/mol. The lowest BCUT2D eigenvalue weighted by Crippen LogP contribution is -2.09. The van der Waals surface area contributed by atoms with Crippen LogP contribution >= 0.6 is 0 Å². The van der Waals surface area contributed by atoms with E-state index in [1.165, 1.54) is 12.1 Å². The van der Waals surface area contributed by atoms with Crippen molar-refractivity contribution >= 4 is 0 Å². The predicted octanol–water partition coefficient (Wildman–Crippen LogP) is 6.50. The summed E-state index contributed by atoms with van der Waals surface area (Å²) in [6, 6.07) is 3.80. The molecule has 0 spiro atoms. The van der Waals surface area contributed by atoms with E-state index in [0.717, 1.165) is 25.8 Å². The van der Waals surface area contributed by atoms with Crippen molar-refractivity contribution in [1.29, 1.82) is 0 Å². The number of halogens is 3. The van der Waals surface area contributed by atoms with Crippen molar-refractivity contribution in [3.8, 4) is 0 Å². The van der Waals surface area contributed by atoms with Crippen LogP contribution in [0.25, 0.3) is 0 Å². The van der Waals surface area contributed by atoms with Crippen LogP contribution in [-0.2, 0) is 5.92 Å².